The number of methoxy groups -OCH3 is 1. The molecule has 0 aliphatic heterocycles. The van der Waals surface area contributed by atoms with E-state index in [1.165, 1.54) is 11.1 Å². The zero-order valence-corrected chi connectivity index (χ0v) is 21.0. The molecule has 1 aromatic heterocycles. The van der Waals surface area contributed by atoms with Gasteiger partial charge in [0.2, 0.25) is 0 Å². The van der Waals surface area contributed by atoms with Gasteiger partial charge in [-0.3, -0.25) is 4.99 Å². The summed E-state index contributed by atoms with van der Waals surface area (Å²) in [7, 11) is 5.67. The Morgan fingerprint density at radius 3 is 2.59 bits per heavy atom. The minimum absolute atomic E-state index is 0. The van der Waals surface area contributed by atoms with Gasteiger partial charge < -0.3 is 20.3 Å². The molecule has 0 saturated carbocycles. The maximum absolute atomic E-state index is 5.09. The lowest BCUT2D eigenvalue weighted by molar-refractivity contribution is 0.180. The Balaban J connectivity index is 0.00000420. The fourth-order valence-corrected chi connectivity index (χ4v) is 3.60. The number of halogens is 1. The van der Waals surface area contributed by atoms with Crippen molar-refractivity contribution in [2.75, 3.05) is 54.0 Å². The Kier molecular flexibility index (Phi) is 13.1. The summed E-state index contributed by atoms with van der Waals surface area (Å²) in [6.45, 7) is 6.58. The highest BCUT2D eigenvalue weighted by atomic mass is 127. The van der Waals surface area contributed by atoms with Gasteiger partial charge in [-0.05, 0) is 20.4 Å². The van der Waals surface area contributed by atoms with Crippen LogP contribution in [-0.4, -0.2) is 69.8 Å². The SMILES string of the molecule is CN=C(NCCc1csc(-c2ccc(C)cc2)n1)NCCN(C)CCCOC.I. The van der Waals surface area contributed by atoms with Gasteiger partial charge in [0.1, 0.15) is 5.01 Å². The van der Waals surface area contributed by atoms with Gasteiger partial charge >= 0.3 is 0 Å². The molecule has 0 spiro atoms. The first-order valence-corrected chi connectivity index (χ1v) is 10.6. The van der Waals surface area contributed by atoms with Gasteiger partial charge in [0.15, 0.2) is 5.96 Å². The number of aromatic nitrogens is 1. The number of guanidine groups is 1. The van der Waals surface area contributed by atoms with Crippen LogP contribution in [0.5, 0.6) is 0 Å². The lowest BCUT2D eigenvalue weighted by atomic mass is 10.2. The van der Waals surface area contributed by atoms with Crippen LogP contribution in [0, 0.1) is 6.92 Å². The zero-order chi connectivity index (χ0) is 20.2. The molecule has 8 heteroatoms. The molecular formula is C21H34IN5OS. The largest absolute Gasteiger partial charge is 0.385 e. The molecule has 0 aliphatic carbocycles. The smallest absolute Gasteiger partial charge is 0.191 e. The number of thiazole rings is 1. The van der Waals surface area contributed by atoms with Crippen LogP contribution in [0.4, 0.5) is 0 Å². The maximum Gasteiger partial charge on any atom is 0.191 e. The number of benzene rings is 1. The summed E-state index contributed by atoms with van der Waals surface area (Å²) in [5, 5.41) is 9.95. The van der Waals surface area contributed by atoms with E-state index in [9.17, 15) is 0 Å². The number of nitrogens with one attached hydrogen (secondary N) is 2. The van der Waals surface area contributed by atoms with E-state index in [1.54, 1.807) is 25.5 Å². The topological polar surface area (TPSA) is 61.8 Å². The highest BCUT2D eigenvalue weighted by Crippen LogP contribution is 2.24. The van der Waals surface area contributed by atoms with Crippen molar-refractivity contribution in [2.24, 2.45) is 4.99 Å². The van der Waals surface area contributed by atoms with E-state index < -0.39 is 0 Å². The van der Waals surface area contributed by atoms with Crippen LogP contribution in [0.15, 0.2) is 34.6 Å². The van der Waals surface area contributed by atoms with E-state index in [-0.39, 0.29) is 24.0 Å². The summed E-state index contributed by atoms with van der Waals surface area (Å²) >= 11 is 1.70. The zero-order valence-electron chi connectivity index (χ0n) is 17.9. The molecule has 0 saturated heterocycles. The van der Waals surface area contributed by atoms with Gasteiger partial charge in [0.05, 0.1) is 5.69 Å². The standard InChI is InChI=1S/C21H33N5OS.HI/c1-17-6-8-18(9-7-17)20-25-19(16-28-20)10-11-23-21(22-2)24-12-14-26(3)13-5-15-27-4;/h6-9,16H,5,10-15H2,1-4H3,(H2,22,23,24);1H. The Bertz CT molecular complexity index is 720. The minimum Gasteiger partial charge on any atom is -0.385 e. The van der Waals surface area contributed by atoms with Crippen molar-refractivity contribution < 1.29 is 4.74 Å². The number of hydrogen-bond donors (Lipinski definition) is 2. The van der Waals surface area contributed by atoms with E-state index in [4.69, 9.17) is 9.72 Å². The molecule has 0 atom stereocenters. The summed E-state index contributed by atoms with van der Waals surface area (Å²) in [6.07, 6.45) is 1.93. The third-order valence-corrected chi connectivity index (χ3v) is 5.36. The second-order valence-corrected chi connectivity index (χ2v) is 7.69. The molecule has 1 heterocycles. The van der Waals surface area contributed by atoms with Crippen molar-refractivity contribution in [3.63, 3.8) is 0 Å². The van der Waals surface area contributed by atoms with Crippen LogP contribution >= 0.6 is 35.3 Å². The third-order valence-electron chi connectivity index (χ3n) is 4.42. The lowest BCUT2D eigenvalue weighted by Gasteiger charge is -2.18. The first-order valence-electron chi connectivity index (χ1n) is 9.76. The average Bonchev–Trinajstić information content (AvgIpc) is 3.16. The maximum atomic E-state index is 5.09. The number of rotatable bonds is 11. The van der Waals surface area contributed by atoms with E-state index in [0.29, 0.717) is 0 Å². The van der Waals surface area contributed by atoms with E-state index in [0.717, 1.165) is 62.3 Å². The van der Waals surface area contributed by atoms with Crippen molar-refractivity contribution in [1.82, 2.24) is 20.5 Å². The first kappa shape index (κ1) is 25.8. The molecule has 0 unspecified atom stereocenters. The normalized spacial score (nSPS) is 11.4. The van der Waals surface area contributed by atoms with Crippen molar-refractivity contribution in [1.29, 1.82) is 0 Å². The molecule has 0 aliphatic rings. The monoisotopic (exact) mass is 531 g/mol. The minimum atomic E-state index is 0. The van der Waals surface area contributed by atoms with Crippen LogP contribution in [-0.2, 0) is 11.2 Å². The van der Waals surface area contributed by atoms with Crippen molar-refractivity contribution in [3.05, 3.63) is 40.9 Å². The lowest BCUT2D eigenvalue weighted by Crippen LogP contribution is -2.41. The van der Waals surface area contributed by atoms with Crippen LogP contribution < -0.4 is 10.6 Å². The summed E-state index contributed by atoms with van der Waals surface area (Å²) in [6, 6.07) is 8.52. The molecule has 0 fully saturated rings. The molecule has 2 N–H and O–H groups in total. The quantitative estimate of drug-likeness (QED) is 0.202. The van der Waals surface area contributed by atoms with Crippen LogP contribution in [0.1, 0.15) is 17.7 Å². The van der Waals surface area contributed by atoms with Crippen LogP contribution in [0.2, 0.25) is 0 Å². The Labute approximate surface area is 196 Å². The van der Waals surface area contributed by atoms with Gasteiger partial charge in [0.25, 0.3) is 0 Å². The average molecular weight is 532 g/mol. The molecule has 0 amide bonds. The Morgan fingerprint density at radius 1 is 1.17 bits per heavy atom. The van der Waals surface area contributed by atoms with Gasteiger partial charge in [-0.15, -0.1) is 35.3 Å². The van der Waals surface area contributed by atoms with Crippen molar-refractivity contribution in [3.8, 4) is 10.6 Å². The molecule has 6 nitrogen and oxygen atoms in total. The second-order valence-electron chi connectivity index (χ2n) is 6.84. The predicted octanol–water partition coefficient (Wildman–Crippen LogP) is 3.41. The predicted molar refractivity (Wildman–Crippen MR) is 135 cm³/mol. The third kappa shape index (κ3) is 9.88. The fourth-order valence-electron chi connectivity index (χ4n) is 2.74. The highest BCUT2D eigenvalue weighted by molar-refractivity contribution is 14.0. The Hall–Kier alpha value is -1.23. The van der Waals surface area contributed by atoms with E-state index >= 15 is 0 Å². The number of hydrogen-bond acceptors (Lipinski definition) is 5. The number of aliphatic imine (C=N–C) groups is 1. The summed E-state index contributed by atoms with van der Waals surface area (Å²) in [4.78, 5) is 11.3. The number of likely N-dealkylation sites (N-methyl/N-ethyl adjacent to an activating group) is 1. The number of ether oxygens (including phenoxy) is 1. The van der Waals surface area contributed by atoms with Crippen LogP contribution in [0.3, 0.4) is 0 Å². The molecular weight excluding hydrogens is 497 g/mol. The van der Waals surface area contributed by atoms with Crippen molar-refractivity contribution >= 4 is 41.3 Å². The van der Waals surface area contributed by atoms with Crippen LogP contribution in [0.25, 0.3) is 10.6 Å². The van der Waals surface area contributed by atoms with Gasteiger partial charge in [-0.1, -0.05) is 29.8 Å². The Morgan fingerprint density at radius 2 is 1.90 bits per heavy atom. The van der Waals surface area contributed by atoms with Gasteiger partial charge in [0, 0.05) is 64.3 Å². The fraction of sp³-hybridized carbons (Fsp3) is 0.524. The number of nitrogens with zero attached hydrogens (tertiary/aromatic N) is 3. The van der Waals surface area contributed by atoms with Crippen molar-refractivity contribution in [2.45, 2.75) is 19.8 Å². The number of aryl methyl sites for hydroxylation is 1. The summed E-state index contributed by atoms with van der Waals surface area (Å²) < 4.78 is 5.09. The first-order chi connectivity index (χ1) is 13.6. The molecule has 2 rings (SSSR count). The molecule has 162 valence electrons. The molecule has 2 aromatic rings. The second kappa shape index (κ2) is 14.7. The highest BCUT2D eigenvalue weighted by Gasteiger charge is 2.05. The van der Waals surface area contributed by atoms with E-state index in [1.807, 2.05) is 0 Å². The summed E-state index contributed by atoms with van der Waals surface area (Å²) in [5.41, 5.74) is 3.56. The molecule has 0 radical (unpaired) electrons. The molecule has 29 heavy (non-hydrogen) atoms. The van der Waals surface area contributed by atoms with Gasteiger partial charge in [-0.25, -0.2) is 4.98 Å². The van der Waals surface area contributed by atoms with E-state index in [2.05, 4.69) is 64.1 Å². The van der Waals surface area contributed by atoms with Gasteiger partial charge in [-0.2, -0.15) is 0 Å². The summed E-state index contributed by atoms with van der Waals surface area (Å²) in [5.74, 6) is 0.833. The molecule has 0 bridgehead atoms. The molecule has 1 aromatic carbocycles.